The van der Waals surface area contributed by atoms with Crippen molar-refractivity contribution in [3.8, 4) is 0 Å². The molecule has 1 aromatic carbocycles. The Morgan fingerprint density at radius 3 is 2.77 bits per heavy atom. The zero-order valence-electron chi connectivity index (χ0n) is 13.6. The van der Waals surface area contributed by atoms with Gasteiger partial charge in [-0.3, -0.25) is 15.0 Å². The summed E-state index contributed by atoms with van der Waals surface area (Å²) >= 11 is 0. The molecule has 0 aliphatic carbocycles. The number of carbonyl (C=O) groups is 2. The zero-order valence-corrected chi connectivity index (χ0v) is 13.6. The Morgan fingerprint density at radius 1 is 1.27 bits per heavy atom. The minimum atomic E-state index is -0.469. The van der Waals surface area contributed by atoms with E-state index in [1.807, 2.05) is 32.0 Å². The van der Waals surface area contributed by atoms with Crippen LogP contribution in [0, 0.1) is 13.8 Å². The van der Waals surface area contributed by atoms with Gasteiger partial charge in [0.15, 0.2) is 0 Å². The molecule has 1 saturated heterocycles. The van der Waals surface area contributed by atoms with Crippen LogP contribution in [0.5, 0.6) is 0 Å². The van der Waals surface area contributed by atoms with Crippen LogP contribution in [0.25, 0.3) is 0 Å². The second-order valence-electron chi connectivity index (χ2n) is 6.07. The van der Waals surface area contributed by atoms with Crippen molar-refractivity contribution in [1.82, 2.24) is 10.2 Å². The summed E-state index contributed by atoms with van der Waals surface area (Å²) in [7, 11) is 0. The van der Waals surface area contributed by atoms with Gasteiger partial charge in [-0.05, 0) is 57.4 Å². The van der Waals surface area contributed by atoms with E-state index in [9.17, 15) is 9.59 Å². The number of aryl methyl sites for hydroxylation is 1. The van der Waals surface area contributed by atoms with Crippen molar-refractivity contribution in [2.75, 3.05) is 18.4 Å². The van der Waals surface area contributed by atoms with E-state index in [1.54, 1.807) is 0 Å². The SMILES string of the molecule is Cc1cccc(NC(=O)NC(=O)CN2CCCC[C@H]2C)c1C. The summed E-state index contributed by atoms with van der Waals surface area (Å²) in [5, 5.41) is 5.15. The molecule has 5 nitrogen and oxygen atoms in total. The monoisotopic (exact) mass is 303 g/mol. The normalized spacial score (nSPS) is 18.8. The molecule has 1 aliphatic rings. The molecular weight excluding hydrogens is 278 g/mol. The van der Waals surface area contributed by atoms with E-state index >= 15 is 0 Å². The Balaban J connectivity index is 1.86. The Labute approximate surface area is 132 Å². The summed E-state index contributed by atoms with van der Waals surface area (Å²) in [6, 6.07) is 5.64. The molecule has 1 aliphatic heterocycles. The van der Waals surface area contributed by atoms with Gasteiger partial charge in [0.2, 0.25) is 5.91 Å². The van der Waals surface area contributed by atoms with E-state index in [0.29, 0.717) is 6.04 Å². The van der Waals surface area contributed by atoms with Gasteiger partial charge in [0.25, 0.3) is 0 Å². The second-order valence-corrected chi connectivity index (χ2v) is 6.07. The average Bonchev–Trinajstić information content (AvgIpc) is 2.46. The lowest BCUT2D eigenvalue weighted by Gasteiger charge is -2.32. The largest absolute Gasteiger partial charge is 0.325 e. The van der Waals surface area contributed by atoms with Gasteiger partial charge >= 0.3 is 6.03 Å². The maximum absolute atomic E-state index is 12.0. The van der Waals surface area contributed by atoms with Crippen molar-refractivity contribution < 1.29 is 9.59 Å². The number of hydrogen-bond acceptors (Lipinski definition) is 3. The van der Waals surface area contributed by atoms with Crippen molar-refractivity contribution in [3.63, 3.8) is 0 Å². The molecular formula is C17H25N3O2. The Hall–Kier alpha value is -1.88. The van der Waals surface area contributed by atoms with Crippen molar-refractivity contribution in [1.29, 1.82) is 0 Å². The number of hydrogen-bond donors (Lipinski definition) is 2. The summed E-state index contributed by atoms with van der Waals surface area (Å²) < 4.78 is 0. The highest BCUT2D eigenvalue weighted by Gasteiger charge is 2.21. The summed E-state index contributed by atoms with van der Waals surface area (Å²) in [4.78, 5) is 26.1. The molecule has 0 unspecified atom stereocenters. The molecule has 22 heavy (non-hydrogen) atoms. The van der Waals surface area contributed by atoms with Crippen LogP contribution in [-0.4, -0.2) is 36.0 Å². The molecule has 1 aromatic rings. The summed E-state index contributed by atoms with van der Waals surface area (Å²) in [5.74, 6) is -0.253. The highest BCUT2D eigenvalue weighted by atomic mass is 16.2. The Bertz CT molecular complexity index is 557. The second kappa shape index (κ2) is 7.40. The third kappa shape index (κ3) is 4.31. The molecule has 0 bridgehead atoms. The number of benzene rings is 1. The number of anilines is 1. The molecule has 2 N–H and O–H groups in total. The number of carbonyl (C=O) groups excluding carboxylic acids is 2. The predicted octanol–water partition coefficient (Wildman–Crippen LogP) is 2.83. The van der Waals surface area contributed by atoms with Crippen LogP contribution in [0.2, 0.25) is 0 Å². The van der Waals surface area contributed by atoms with Crippen LogP contribution in [0.3, 0.4) is 0 Å². The number of imide groups is 1. The van der Waals surface area contributed by atoms with E-state index in [2.05, 4.69) is 22.5 Å². The molecule has 1 heterocycles. The van der Waals surface area contributed by atoms with Crippen LogP contribution in [0.4, 0.5) is 10.5 Å². The fourth-order valence-corrected chi connectivity index (χ4v) is 2.78. The highest BCUT2D eigenvalue weighted by molar-refractivity contribution is 6.02. The van der Waals surface area contributed by atoms with Crippen LogP contribution in [0.1, 0.15) is 37.3 Å². The van der Waals surface area contributed by atoms with Crippen molar-refractivity contribution in [2.24, 2.45) is 0 Å². The first-order valence-electron chi connectivity index (χ1n) is 7.88. The molecule has 1 atom stereocenters. The van der Waals surface area contributed by atoms with E-state index in [4.69, 9.17) is 0 Å². The van der Waals surface area contributed by atoms with Crippen molar-refractivity contribution in [2.45, 2.75) is 46.1 Å². The lowest BCUT2D eigenvalue weighted by atomic mass is 10.0. The minimum absolute atomic E-state index is 0.253. The van der Waals surface area contributed by atoms with Gasteiger partial charge in [0.05, 0.1) is 6.54 Å². The summed E-state index contributed by atoms with van der Waals surface area (Å²) in [6.45, 7) is 7.26. The van der Waals surface area contributed by atoms with Gasteiger partial charge in [-0.1, -0.05) is 18.6 Å². The first-order chi connectivity index (χ1) is 10.5. The Kier molecular flexibility index (Phi) is 5.55. The maximum atomic E-state index is 12.0. The number of nitrogens with zero attached hydrogens (tertiary/aromatic N) is 1. The fraction of sp³-hybridized carbons (Fsp3) is 0.529. The van der Waals surface area contributed by atoms with Gasteiger partial charge in [0, 0.05) is 11.7 Å². The molecule has 0 spiro atoms. The number of urea groups is 1. The molecule has 0 aromatic heterocycles. The zero-order chi connectivity index (χ0) is 16.1. The lowest BCUT2D eigenvalue weighted by molar-refractivity contribution is -0.121. The van der Waals surface area contributed by atoms with E-state index in [1.165, 1.54) is 6.42 Å². The topological polar surface area (TPSA) is 61.4 Å². The average molecular weight is 303 g/mol. The van der Waals surface area contributed by atoms with E-state index in [0.717, 1.165) is 36.2 Å². The molecule has 2 rings (SSSR count). The van der Waals surface area contributed by atoms with Crippen LogP contribution in [0.15, 0.2) is 18.2 Å². The van der Waals surface area contributed by atoms with Gasteiger partial charge in [-0.2, -0.15) is 0 Å². The van der Waals surface area contributed by atoms with Crippen molar-refractivity contribution in [3.05, 3.63) is 29.3 Å². The van der Waals surface area contributed by atoms with E-state index < -0.39 is 6.03 Å². The van der Waals surface area contributed by atoms with Gasteiger partial charge < -0.3 is 5.32 Å². The van der Waals surface area contributed by atoms with Gasteiger partial charge in [-0.25, -0.2) is 4.79 Å². The number of amides is 3. The van der Waals surface area contributed by atoms with Crippen LogP contribution in [-0.2, 0) is 4.79 Å². The summed E-state index contributed by atoms with van der Waals surface area (Å²) in [5.41, 5.74) is 2.85. The molecule has 0 saturated carbocycles. The summed E-state index contributed by atoms with van der Waals surface area (Å²) in [6.07, 6.45) is 3.45. The van der Waals surface area contributed by atoms with Crippen LogP contribution >= 0.6 is 0 Å². The first kappa shape index (κ1) is 16.5. The Morgan fingerprint density at radius 2 is 2.05 bits per heavy atom. The maximum Gasteiger partial charge on any atom is 0.325 e. The molecule has 1 fully saturated rings. The van der Waals surface area contributed by atoms with Crippen molar-refractivity contribution >= 4 is 17.6 Å². The smallest absolute Gasteiger partial charge is 0.307 e. The minimum Gasteiger partial charge on any atom is -0.307 e. The number of rotatable bonds is 3. The third-order valence-electron chi connectivity index (χ3n) is 4.39. The number of likely N-dealkylation sites (tertiary alicyclic amines) is 1. The van der Waals surface area contributed by atoms with Gasteiger partial charge in [0.1, 0.15) is 0 Å². The van der Waals surface area contributed by atoms with Gasteiger partial charge in [-0.15, -0.1) is 0 Å². The molecule has 5 heteroatoms. The number of piperidine rings is 1. The fourth-order valence-electron chi connectivity index (χ4n) is 2.78. The quantitative estimate of drug-likeness (QED) is 0.902. The molecule has 3 amide bonds. The first-order valence-corrected chi connectivity index (χ1v) is 7.88. The third-order valence-corrected chi connectivity index (χ3v) is 4.39. The lowest BCUT2D eigenvalue weighted by Crippen LogP contribution is -2.46. The van der Waals surface area contributed by atoms with E-state index in [-0.39, 0.29) is 12.5 Å². The van der Waals surface area contributed by atoms with Crippen LogP contribution < -0.4 is 10.6 Å². The number of nitrogens with one attached hydrogen (secondary N) is 2. The molecule has 0 radical (unpaired) electrons. The predicted molar refractivity (Wildman–Crippen MR) is 88.0 cm³/mol. The standard InChI is InChI=1S/C17H25N3O2/c1-12-7-6-9-15(14(12)3)18-17(22)19-16(21)11-20-10-5-4-8-13(20)2/h6-7,9,13H,4-5,8,10-11H2,1-3H3,(H2,18,19,21,22)/t13-/m1/s1. The molecule has 120 valence electrons. The highest BCUT2D eigenvalue weighted by Crippen LogP contribution is 2.18.